The molecule has 0 bridgehead atoms. The van der Waals surface area contributed by atoms with E-state index in [9.17, 15) is 4.79 Å². The molecule has 2 aromatic carbocycles. The van der Waals surface area contributed by atoms with Gasteiger partial charge in [-0.2, -0.15) is 0 Å². The van der Waals surface area contributed by atoms with Gasteiger partial charge in [-0.25, -0.2) is 9.97 Å². The number of carbonyl (C=O) groups is 1. The van der Waals surface area contributed by atoms with E-state index in [1.807, 2.05) is 30.3 Å². The molecular formula is C21H19Cl2N3O2. The molecule has 1 N–H and O–H groups in total. The number of carboxylic acids is 1. The number of hydrogen-bond acceptors (Lipinski definition) is 4. The molecule has 28 heavy (non-hydrogen) atoms. The Morgan fingerprint density at radius 3 is 2.82 bits per heavy atom. The molecule has 1 atom stereocenters. The van der Waals surface area contributed by atoms with Gasteiger partial charge >= 0.3 is 5.97 Å². The number of aliphatic carboxylic acids is 1. The average molecular weight is 416 g/mol. The largest absolute Gasteiger partial charge is 0.481 e. The normalized spacial score (nSPS) is 17.1. The summed E-state index contributed by atoms with van der Waals surface area (Å²) < 4.78 is 0. The fourth-order valence-electron chi connectivity index (χ4n) is 3.91. The van der Waals surface area contributed by atoms with Crippen LogP contribution in [0.3, 0.4) is 0 Å². The van der Waals surface area contributed by atoms with E-state index in [1.165, 1.54) is 0 Å². The van der Waals surface area contributed by atoms with Gasteiger partial charge in [0.1, 0.15) is 12.1 Å². The minimum atomic E-state index is -0.754. The van der Waals surface area contributed by atoms with E-state index >= 15 is 0 Å². The first kappa shape index (κ1) is 19.0. The fourth-order valence-corrected chi connectivity index (χ4v) is 4.21. The number of fused-ring (bicyclic) bond motifs is 1. The molecule has 1 aromatic heterocycles. The highest BCUT2D eigenvalue weighted by Gasteiger charge is 2.25. The van der Waals surface area contributed by atoms with Crippen LogP contribution in [0.1, 0.15) is 19.3 Å². The van der Waals surface area contributed by atoms with E-state index in [0.29, 0.717) is 16.6 Å². The van der Waals surface area contributed by atoms with Crippen molar-refractivity contribution in [3.8, 4) is 11.1 Å². The second-order valence-corrected chi connectivity index (χ2v) is 7.89. The van der Waals surface area contributed by atoms with Gasteiger partial charge in [0.2, 0.25) is 0 Å². The molecule has 5 nitrogen and oxygen atoms in total. The number of benzene rings is 2. The Hall–Kier alpha value is -2.37. The lowest BCUT2D eigenvalue weighted by atomic mass is 9.94. The maximum atomic E-state index is 11.2. The lowest BCUT2D eigenvalue weighted by Crippen LogP contribution is -2.37. The van der Waals surface area contributed by atoms with E-state index in [2.05, 4.69) is 14.9 Å². The Morgan fingerprint density at radius 1 is 1.18 bits per heavy atom. The third-order valence-corrected chi connectivity index (χ3v) is 5.89. The molecule has 2 heterocycles. The van der Waals surface area contributed by atoms with Gasteiger partial charge in [0.05, 0.1) is 20.9 Å². The summed E-state index contributed by atoms with van der Waals surface area (Å²) in [6.45, 7) is 1.52. The molecule has 0 aliphatic carbocycles. The number of nitrogens with zero attached hydrogens (tertiary/aromatic N) is 3. The Balaban J connectivity index is 1.81. The highest BCUT2D eigenvalue weighted by Crippen LogP contribution is 2.37. The van der Waals surface area contributed by atoms with Crippen LogP contribution in [0.4, 0.5) is 5.82 Å². The van der Waals surface area contributed by atoms with Crippen molar-refractivity contribution in [3.05, 3.63) is 52.8 Å². The Labute approximate surface area is 172 Å². The summed E-state index contributed by atoms with van der Waals surface area (Å²) in [5.74, 6) is 0.200. The van der Waals surface area contributed by atoms with E-state index in [4.69, 9.17) is 28.3 Å². The van der Waals surface area contributed by atoms with Gasteiger partial charge in [-0.15, -0.1) is 0 Å². The van der Waals surface area contributed by atoms with Gasteiger partial charge in [-0.1, -0.05) is 41.4 Å². The monoisotopic (exact) mass is 415 g/mol. The van der Waals surface area contributed by atoms with Gasteiger partial charge in [-0.05, 0) is 48.1 Å². The highest BCUT2D eigenvalue weighted by molar-refractivity contribution is 6.42. The van der Waals surface area contributed by atoms with Crippen LogP contribution in [0.15, 0.2) is 42.7 Å². The maximum Gasteiger partial charge on any atom is 0.303 e. The molecule has 1 aliphatic rings. The molecule has 1 unspecified atom stereocenters. The first-order valence-corrected chi connectivity index (χ1v) is 9.94. The number of aromatic nitrogens is 2. The molecule has 1 aliphatic heterocycles. The van der Waals surface area contributed by atoms with Crippen LogP contribution in [0.2, 0.25) is 10.0 Å². The number of carboxylic acid groups (broad SMARTS) is 1. The zero-order chi connectivity index (χ0) is 19.7. The van der Waals surface area contributed by atoms with Crippen molar-refractivity contribution in [1.82, 2.24) is 9.97 Å². The van der Waals surface area contributed by atoms with Crippen LogP contribution in [0.5, 0.6) is 0 Å². The Morgan fingerprint density at radius 2 is 2.04 bits per heavy atom. The standard InChI is InChI=1S/C21H19Cl2N3O2/c22-16-7-6-14(10-17(16)23)15-4-1-5-18-20(15)21(25-12-24-18)26-8-2-3-13(11-26)9-19(27)28/h1,4-7,10,12-13H,2-3,8-9,11H2,(H,27,28). The quantitative estimate of drug-likeness (QED) is 0.626. The van der Waals surface area contributed by atoms with Crippen LogP contribution in [-0.4, -0.2) is 34.1 Å². The summed E-state index contributed by atoms with van der Waals surface area (Å²) in [6, 6.07) is 11.5. The second kappa shape index (κ2) is 7.94. The molecule has 4 rings (SSSR count). The molecule has 0 saturated carbocycles. The number of anilines is 1. The Bertz CT molecular complexity index is 1040. The van der Waals surface area contributed by atoms with Gasteiger partial charge in [-0.3, -0.25) is 4.79 Å². The maximum absolute atomic E-state index is 11.2. The molecule has 0 amide bonds. The van der Waals surface area contributed by atoms with Gasteiger partial charge < -0.3 is 10.0 Å². The molecule has 144 valence electrons. The minimum Gasteiger partial charge on any atom is -0.481 e. The highest BCUT2D eigenvalue weighted by atomic mass is 35.5. The third-order valence-electron chi connectivity index (χ3n) is 5.16. The molecular weight excluding hydrogens is 397 g/mol. The van der Waals surface area contributed by atoms with Crippen molar-refractivity contribution in [1.29, 1.82) is 0 Å². The molecule has 1 fully saturated rings. The molecule has 0 spiro atoms. The van der Waals surface area contributed by atoms with E-state index < -0.39 is 5.97 Å². The summed E-state index contributed by atoms with van der Waals surface area (Å²) in [5, 5.41) is 11.1. The molecule has 3 aromatic rings. The topological polar surface area (TPSA) is 66.3 Å². The number of hydrogen-bond donors (Lipinski definition) is 1. The summed E-state index contributed by atoms with van der Waals surface area (Å²) in [5.41, 5.74) is 2.76. The lowest BCUT2D eigenvalue weighted by molar-refractivity contribution is -0.138. The van der Waals surface area contributed by atoms with Gasteiger partial charge in [0.25, 0.3) is 0 Å². The van der Waals surface area contributed by atoms with Crippen molar-refractivity contribution in [3.63, 3.8) is 0 Å². The van der Waals surface area contributed by atoms with E-state index in [-0.39, 0.29) is 12.3 Å². The summed E-state index contributed by atoms with van der Waals surface area (Å²) in [4.78, 5) is 22.4. The summed E-state index contributed by atoms with van der Waals surface area (Å²) in [7, 11) is 0. The second-order valence-electron chi connectivity index (χ2n) is 7.08. The molecule has 0 radical (unpaired) electrons. The van der Waals surface area contributed by atoms with Gasteiger partial charge in [0.15, 0.2) is 0 Å². The van der Waals surface area contributed by atoms with Crippen LogP contribution < -0.4 is 4.90 Å². The van der Waals surface area contributed by atoms with Crippen LogP contribution in [0, 0.1) is 5.92 Å². The van der Waals surface area contributed by atoms with Crippen LogP contribution in [0.25, 0.3) is 22.0 Å². The lowest BCUT2D eigenvalue weighted by Gasteiger charge is -2.33. The zero-order valence-electron chi connectivity index (χ0n) is 15.1. The number of rotatable bonds is 4. The summed E-state index contributed by atoms with van der Waals surface area (Å²) in [6.07, 6.45) is 3.61. The van der Waals surface area contributed by atoms with Crippen molar-refractivity contribution in [2.24, 2.45) is 5.92 Å². The fraction of sp³-hybridized carbons (Fsp3) is 0.286. The smallest absolute Gasteiger partial charge is 0.303 e. The average Bonchev–Trinajstić information content (AvgIpc) is 2.69. The van der Waals surface area contributed by atoms with Crippen LogP contribution in [-0.2, 0) is 4.79 Å². The van der Waals surface area contributed by atoms with Crippen LogP contribution >= 0.6 is 23.2 Å². The van der Waals surface area contributed by atoms with Crippen molar-refractivity contribution < 1.29 is 9.90 Å². The summed E-state index contributed by atoms with van der Waals surface area (Å²) >= 11 is 12.3. The molecule has 1 saturated heterocycles. The number of halogens is 2. The number of piperidine rings is 1. The first-order chi connectivity index (χ1) is 13.5. The van der Waals surface area contributed by atoms with Crippen molar-refractivity contribution in [2.45, 2.75) is 19.3 Å². The SMILES string of the molecule is O=C(O)CC1CCCN(c2ncnc3cccc(-c4ccc(Cl)c(Cl)c4)c23)C1. The van der Waals surface area contributed by atoms with E-state index in [1.54, 1.807) is 12.4 Å². The minimum absolute atomic E-state index is 0.119. The predicted molar refractivity (Wildman–Crippen MR) is 112 cm³/mol. The van der Waals surface area contributed by atoms with Crippen molar-refractivity contribution in [2.75, 3.05) is 18.0 Å². The van der Waals surface area contributed by atoms with Gasteiger partial charge in [0, 0.05) is 19.5 Å². The Kier molecular flexibility index (Phi) is 5.38. The first-order valence-electron chi connectivity index (χ1n) is 9.19. The zero-order valence-corrected chi connectivity index (χ0v) is 16.6. The third kappa shape index (κ3) is 3.77. The van der Waals surface area contributed by atoms with Crippen molar-refractivity contribution >= 4 is 45.9 Å². The predicted octanol–water partition coefficient (Wildman–Crippen LogP) is 5.29. The van der Waals surface area contributed by atoms with E-state index in [0.717, 1.165) is 47.2 Å². The molecule has 7 heteroatoms.